The minimum Gasteiger partial charge on any atom is -0.491 e. The summed E-state index contributed by atoms with van der Waals surface area (Å²) in [5.41, 5.74) is 3.49. The quantitative estimate of drug-likeness (QED) is 0.464. The van der Waals surface area contributed by atoms with Gasteiger partial charge in [-0.2, -0.15) is 0 Å². The third kappa shape index (κ3) is 5.31. The Morgan fingerprint density at radius 1 is 1.00 bits per heavy atom. The first-order chi connectivity index (χ1) is 15.1. The van der Waals surface area contributed by atoms with Crippen molar-refractivity contribution in [1.82, 2.24) is 9.78 Å². The van der Waals surface area contributed by atoms with Crippen molar-refractivity contribution in [3.8, 4) is 11.6 Å². The highest BCUT2D eigenvalue weighted by Gasteiger charge is 2.40. The second-order valence-corrected chi connectivity index (χ2v) is 10.0. The third-order valence-electron chi connectivity index (χ3n) is 7.02. The summed E-state index contributed by atoms with van der Waals surface area (Å²) in [6.07, 6.45) is 1.87. The Morgan fingerprint density at radius 3 is 2.22 bits per heavy atom. The Balaban J connectivity index is 1.87. The number of benzene rings is 1. The molecule has 5 atom stereocenters. The van der Waals surface area contributed by atoms with E-state index in [4.69, 9.17) is 19.3 Å². The zero-order chi connectivity index (χ0) is 23.6. The molecular formula is C27H42N2O3. The smallest absolute Gasteiger partial charge is 0.238 e. The van der Waals surface area contributed by atoms with Gasteiger partial charge in [0, 0.05) is 29.6 Å². The molecule has 0 bridgehead atoms. The molecule has 1 fully saturated rings. The van der Waals surface area contributed by atoms with E-state index in [0.717, 1.165) is 29.8 Å². The first-order valence-corrected chi connectivity index (χ1v) is 12.3. The predicted molar refractivity (Wildman–Crippen MR) is 129 cm³/mol. The van der Waals surface area contributed by atoms with E-state index in [1.54, 1.807) is 0 Å². The van der Waals surface area contributed by atoms with Crippen molar-refractivity contribution in [1.29, 1.82) is 0 Å². The molecule has 2 aromatic rings. The van der Waals surface area contributed by atoms with Crippen LogP contribution in [-0.4, -0.2) is 28.3 Å². The highest BCUT2D eigenvalue weighted by atomic mass is 16.7. The molecule has 0 spiro atoms. The van der Waals surface area contributed by atoms with Crippen LogP contribution in [0, 0.1) is 24.7 Å². The molecule has 0 amide bonds. The first-order valence-electron chi connectivity index (χ1n) is 12.3. The van der Waals surface area contributed by atoms with Crippen LogP contribution >= 0.6 is 0 Å². The van der Waals surface area contributed by atoms with E-state index in [1.807, 2.05) is 26.0 Å². The lowest BCUT2D eigenvalue weighted by atomic mass is 9.78. The van der Waals surface area contributed by atoms with E-state index in [1.165, 1.54) is 5.56 Å². The molecule has 1 aromatic heterocycles. The third-order valence-corrected chi connectivity index (χ3v) is 7.02. The number of hydrogen-bond donors (Lipinski definition) is 0. The minimum atomic E-state index is -0.276. The lowest BCUT2D eigenvalue weighted by molar-refractivity contribution is -0.213. The molecule has 1 aliphatic rings. The number of ether oxygens (including phenoxy) is 3. The van der Waals surface area contributed by atoms with Gasteiger partial charge in [0.15, 0.2) is 0 Å². The molecule has 178 valence electrons. The summed E-state index contributed by atoms with van der Waals surface area (Å²) < 4.78 is 20.8. The molecular weight excluding hydrogens is 400 g/mol. The fourth-order valence-electron chi connectivity index (χ4n) is 4.69. The van der Waals surface area contributed by atoms with Gasteiger partial charge in [-0.15, -0.1) is 5.10 Å². The first kappa shape index (κ1) is 24.6. The number of hydrogen-bond acceptors (Lipinski definition) is 4. The molecule has 2 heterocycles. The van der Waals surface area contributed by atoms with Crippen molar-refractivity contribution in [3.05, 3.63) is 41.1 Å². The molecule has 0 N–H and O–H groups in total. The van der Waals surface area contributed by atoms with Crippen molar-refractivity contribution in [2.75, 3.05) is 0 Å². The average molecular weight is 443 g/mol. The standard InChI is InChI=1S/C27H42N2O3/c1-10-25-19(7)18(6)20(8)27(31-25)32-26-24(21(9)29(28-26)16(2)3)15-22-11-13-23(14-12-22)30-17(4)5/h11-14,16-20,25,27H,10,15H2,1-9H3/t18-,19-,20+,25+,27-/m0/s1. The summed E-state index contributed by atoms with van der Waals surface area (Å²) >= 11 is 0. The monoisotopic (exact) mass is 442 g/mol. The van der Waals surface area contributed by atoms with Crippen molar-refractivity contribution >= 4 is 0 Å². The van der Waals surface area contributed by atoms with Gasteiger partial charge in [-0.05, 0) is 70.6 Å². The fourth-order valence-corrected chi connectivity index (χ4v) is 4.69. The maximum Gasteiger partial charge on any atom is 0.238 e. The summed E-state index contributed by atoms with van der Waals surface area (Å²) in [7, 11) is 0. The zero-order valence-electron chi connectivity index (χ0n) is 21.4. The summed E-state index contributed by atoms with van der Waals surface area (Å²) in [6.45, 7) is 19.6. The van der Waals surface area contributed by atoms with Gasteiger partial charge >= 0.3 is 0 Å². The van der Waals surface area contributed by atoms with Gasteiger partial charge in [-0.3, -0.25) is 4.68 Å². The Kier molecular flexibility index (Phi) is 7.92. The summed E-state index contributed by atoms with van der Waals surface area (Å²) in [5.74, 6) is 2.96. The van der Waals surface area contributed by atoms with Crippen LogP contribution in [-0.2, 0) is 11.2 Å². The van der Waals surface area contributed by atoms with E-state index in [-0.39, 0.29) is 24.5 Å². The number of aromatic nitrogens is 2. The molecule has 5 heteroatoms. The van der Waals surface area contributed by atoms with Gasteiger partial charge in [0.05, 0.1) is 12.2 Å². The summed E-state index contributed by atoms with van der Waals surface area (Å²) in [5, 5.41) is 4.88. The van der Waals surface area contributed by atoms with E-state index in [0.29, 0.717) is 23.6 Å². The van der Waals surface area contributed by atoms with Crippen molar-refractivity contribution in [2.45, 2.75) is 99.7 Å². The maximum absolute atomic E-state index is 6.53. The van der Waals surface area contributed by atoms with E-state index in [9.17, 15) is 0 Å². The molecule has 0 saturated carbocycles. The van der Waals surface area contributed by atoms with E-state index >= 15 is 0 Å². The lowest BCUT2D eigenvalue weighted by Gasteiger charge is -2.42. The zero-order valence-corrected chi connectivity index (χ0v) is 21.4. The van der Waals surface area contributed by atoms with Crippen LogP contribution in [0.5, 0.6) is 11.6 Å². The van der Waals surface area contributed by atoms with E-state index in [2.05, 4.69) is 65.3 Å². The molecule has 0 radical (unpaired) electrons. The summed E-state index contributed by atoms with van der Waals surface area (Å²) in [6, 6.07) is 8.60. The van der Waals surface area contributed by atoms with Crippen LogP contribution < -0.4 is 9.47 Å². The topological polar surface area (TPSA) is 45.5 Å². The molecule has 1 aromatic carbocycles. The van der Waals surface area contributed by atoms with E-state index < -0.39 is 0 Å². The van der Waals surface area contributed by atoms with Crippen molar-refractivity contribution < 1.29 is 14.2 Å². The predicted octanol–water partition coefficient (Wildman–Crippen LogP) is 6.57. The highest BCUT2D eigenvalue weighted by Crippen LogP contribution is 2.38. The highest BCUT2D eigenvalue weighted by molar-refractivity contribution is 5.38. The van der Waals surface area contributed by atoms with Crippen LogP contribution in [0.3, 0.4) is 0 Å². The van der Waals surface area contributed by atoms with Crippen LogP contribution in [0.4, 0.5) is 0 Å². The molecule has 0 aliphatic carbocycles. The Labute approximate surface area is 194 Å². The molecule has 1 aliphatic heterocycles. The summed E-state index contributed by atoms with van der Waals surface area (Å²) in [4.78, 5) is 0. The Hall–Kier alpha value is -2.01. The van der Waals surface area contributed by atoms with Gasteiger partial charge in [-0.25, -0.2) is 0 Å². The number of rotatable bonds is 8. The van der Waals surface area contributed by atoms with Gasteiger partial charge < -0.3 is 14.2 Å². The molecule has 1 saturated heterocycles. The average Bonchev–Trinajstić information content (AvgIpc) is 3.05. The SMILES string of the molecule is CC[C@H]1O[C@@H](Oc2nn(C(C)C)c(C)c2Cc2ccc(OC(C)C)cc2)[C@H](C)[C@@H](C)[C@@H]1C. The van der Waals surface area contributed by atoms with Crippen LogP contribution in [0.15, 0.2) is 24.3 Å². The van der Waals surface area contributed by atoms with Gasteiger partial charge in [0.1, 0.15) is 5.75 Å². The van der Waals surface area contributed by atoms with Crippen LogP contribution in [0.1, 0.15) is 84.7 Å². The Morgan fingerprint density at radius 2 is 1.66 bits per heavy atom. The van der Waals surface area contributed by atoms with Crippen molar-refractivity contribution in [3.63, 3.8) is 0 Å². The van der Waals surface area contributed by atoms with Gasteiger partial charge in [0.2, 0.25) is 12.2 Å². The lowest BCUT2D eigenvalue weighted by Crippen LogP contribution is -2.47. The maximum atomic E-state index is 6.53. The van der Waals surface area contributed by atoms with Crippen LogP contribution in [0.2, 0.25) is 0 Å². The molecule has 5 nitrogen and oxygen atoms in total. The second-order valence-electron chi connectivity index (χ2n) is 10.0. The van der Waals surface area contributed by atoms with Gasteiger partial charge in [0.25, 0.3) is 0 Å². The molecule has 32 heavy (non-hydrogen) atoms. The van der Waals surface area contributed by atoms with Gasteiger partial charge in [-0.1, -0.05) is 39.8 Å². The normalized spacial score (nSPS) is 26.0. The fraction of sp³-hybridized carbons (Fsp3) is 0.667. The van der Waals surface area contributed by atoms with Crippen molar-refractivity contribution in [2.24, 2.45) is 17.8 Å². The largest absolute Gasteiger partial charge is 0.491 e. The second kappa shape index (κ2) is 10.3. The molecule has 3 rings (SSSR count). The van der Waals surface area contributed by atoms with Crippen LogP contribution in [0.25, 0.3) is 0 Å². The Bertz CT molecular complexity index is 870. The number of nitrogens with zero attached hydrogens (tertiary/aromatic N) is 2. The molecule has 0 unspecified atom stereocenters. The minimum absolute atomic E-state index is 0.168.